The molecule has 0 fully saturated rings. The van der Waals surface area contributed by atoms with Gasteiger partial charge in [-0.15, -0.1) is 0 Å². The van der Waals surface area contributed by atoms with Crippen molar-refractivity contribution in [3.05, 3.63) is 0 Å². The van der Waals surface area contributed by atoms with E-state index in [2.05, 4.69) is 20.8 Å². The number of phosphoric acid groups is 1. The summed E-state index contributed by atoms with van der Waals surface area (Å²) < 4.78 is 27.3. The lowest BCUT2D eigenvalue weighted by Gasteiger charge is -2.35. The highest BCUT2D eigenvalue weighted by Crippen LogP contribution is 2.42. The molecule has 1 atom stereocenters. The second kappa shape index (κ2) is 9.86. The molecular formula is C12H29NO5P+. The number of hydrogen-bond acceptors (Lipinski definition) is 4. The van der Waals surface area contributed by atoms with E-state index >= 15 is 0 Å². The zero-order chi connectivity index (χ0) is 14.8. The summed E-state index contributed by atoms with van der Waals surface area (Å²) in [5.41, 5.74) is 0. The van der Waals surface area contributed by atoms with E-state index in [1.54, 1.807) is 0 Å². The molecule has 0 radical (unpaired) electrons. The van der Waals surface area contributed by atoms with Gasteiger partial charge in [-0.1, -0.05) is 0 Å². The van der Waals surface area contributed by atoms with E-state index in [1.807, 2.05) is 6.92 Å². The van der Waals surface area contributed by atoms with Crippen LogP contribution in [0.3, 0.4) is 0 Å². The fourth-order valence-corrected chi connectivity index (χ4v) is 2.58. The van der Waals surface area contributed by atoms with Crippen molar-refractivity contribution in [2.24, 2.45) is 0 Å². The monoisotopic (exact) mass is 298 g/mol. The van der Waals surface area contributed by atoms with Crippen LogP contribution in [-0.4, -0.2) is 62.0 Å². The molecule has 6 nitrogen and oxygen atoms in total. The molecule has 0 saturated carbocycles. The molecule has 19 heavy (non-hydrogen) atoms. The Morgan fingerprint density at radius 2 is 1.47 bits per heavy atom. The van der Waals surface area contributed by atoms with Crippen LogP contribution in [0.2, 0.25) is 0 Å². The standard InChI is InChI=1S/C12H28NO5P/c1-5-13(6-2,7-3)9-10-17-19(14,15)18-12-11-16-8-4/h5-12H2,1-4H3/p+1. The molecule has 0 aliphatic carbocycles. The Morgan fingerprint density at radius 3 is 1.95 bits per heavy atom. The molecule has 0 heterocycles. The Bertz CT molecular complexity index is 263. The Morgan fingerprint density at radius 1 is 0.947 bits per heavy atom. The van der Waals surface area contributed by atoms with Crippen LogP contribution in [0.15, 0.2) is 0 Å². The van der Waals surface area contributed by atoms with Crippen molar-refractivity contribution in [3.8, 4) is 0 Å². The van der Waals surface area contributed by atoms with Crippen molar-refractivity contribution in [1.82, 2.24) is 0 Å². The molecule has 0 amide bonds. The third kappa shape index (κ3) is 8.02. The third-order valence-corrected chi connectivity index (χ3v) is 4.54. The van der Waals surface area contributed by atoms with Crippen LogP contribution in [0.1, 0.15) is 27.7 Å². The van der Waals surface area contributed by atoms with Gasteiger partial charge >= 0.3 is 7.82 Å². The van der Waals surface area contributed by atoms with Gasteiger partial charge in [0.15, 0.2) is 0 Å². The Labute approximate surface area is 116 Å². The summed E-state index contributed by atoms with van der Waals surface area (Å²) in [6, 6.07) is 0. The van der Waals surface area contributed by atoms with Gasteiger partial charge < -0.3 is 14.1 Å². The van der Waals surface area contributed by atoms with E-state index in [0.29, 0.717) is 19.8 Å². The Balaban J connectivity index is 3.99. The van der Waals surface area contributed by atoms with E-state index in [0.717, 1.165) is 24.1 Å². The van der Waals surface area contributed by atoms with Gasteiger partial charge in [0.1, 0.15) is 13.2 Å². The number of nitrogens with zero attached hydrogens (tertiary/aromatic N) is 1. The summed E-state index contributed by atoms with van der Waals surface area (Å²) in [5.74, 6) is 0. The minimum atomic E-state index is -3.94. The van der Waals surface area contributed by atoms with Crippen molar-refractivity contribution in [2.75, 3.05) is 52.6 Å². The molecule has 0 aliphatic rings. The lowest BCUT2D eigenvalue weighted by molar-refractivity contribution is -0.923. The Hall–Kier alpha value is 0.0300. The molecule has 0 bridgehead atoms. The first-order chi connectivity index (χ1) is 8.95. The highest BCUT2D eigenvalue weighted by atomic mass is 31.2. The lowest BCUT2D eigenvalue weighted by atomic mass is 10.3. The largest absolute Gasteiger partial charge is 0.472 e. The van der Waals surface area contributed by atoms with E-state index in [4.69, 9.17) is 13.8 Å². The molecule has 0 aromatic heterocycles. The van der Waals surface area contributed by atoms with Gasteiger partial charge in [-0.2, -0.15) is 0 Å². The molecule has 0 saturated heterocycles. The minimum Gasteiger partial charge on any atom is -0.379 e. The fourth-order valence-electron chi connectivity index (χ4n) is 1.89. The van der Waals surface area contributed by atoms with Crippen molar-refractivity contribution in [3.63, 3.8) is 0 Å². The summed E-state index contributed by atoms with van der Waals surface area (Å²) in [7, 11) is -3.94. The topological polar surface area (TPSA) is 65.0 Å². The molecule has 1 unspecified atom stereocenters. The third-order valence-electron chi connectivity index (χ3n) is 3.52. The van der Waals surface area contributed by atoms with Crippen LogP contribution in [0, 0.1) is 0 Å². The van der Waals surface area contributed by atoms with E-state index in [-0.39, 0.29) is 13.2 Å². The van der Waals surface area contributed by atoms with Gasteiger partial charge in [0.05, 0.1) is 32.8 Å². The van der Waals surface area contributed by atoms with Gasteiger partial charge in [-0.05, 0) is 27.7 Å². The van der Waals surface area contributed by atoms with Crippen LogP contribution >= 0.6 is 7.82 Å². The quantitative estimate of drug-likeness (QED) is 0.339. The summed E-state index contributed by atoms with van der Waals surface area (Å²) in [4.78, 5) is 9.48. The van der Waals surface area contributed by atoms with Crippen molar-refractivity contribution >= 4 is 7.82 Å². The first-order valence-electron chi connectivity index (χ1n) is 7.00. The van der Waals surface area contributed by atoms with Crippen molar-refractivity contribution in [2.45, 2.75) is 27.7 Å². The number of ether oxygens (including phenoxy) is 1. The summed E-state index contributed by atoms with van der Waals surface area (Å²) in [6.45, 7) is 13.0. The summed E-state index contributed by atoms with van der Waals surface area (Å²) in [5, 5.41) is 0. The van der Waals surface area contributed by atoms with E-state index in [9.17, 15) is 9.46 Å². The zero-order valence-corrected chi connectivity index (χ0v) is 13.5. The van der Waals surface area contributed by atoms with Crippen molar-refractivity contribution < 1.29 is 27.7 Å². The number of quaternary nitrogens is 1. The summed E-state index contributed by atoms with van der Waals surface area (Å²) in [6.07, 6.45) is 0. The maximum Gasteiger partial charge on any atom is 0.472 e. The molecule has 116 valence electrons. The second-order valence-corrected chi connectivity index (χ2v) is 5.80. The van der Waals surface area contributed by atoms with Gasteiger partial charge in [0, 0.05) is 6.61 Å². The highest BCUT2D eigenvalue weighted by Gasteiger charge is 2.25. The van der Waals surface area contributed by atoms with Crippen LogP contribution in [0.25, 0.3) is 0 Å². The number of phosphoric ester groups is 1. The number of likely N-dealkylation sites (N-methyl/N-ethyl adjacent to an activating group) is 1. The van der Waals surface area contributed by atoms with Crippen LogP contribution < -0.4 is 0 Å². The lowest BCUT2D eigenvalue weighted by Crippen LogP contribution is -2.49. The van der Waals surface area contributed by atoms with Gasteiger partial charge in [0.25, 0.3) is 0 Å². The maximum atomic E-state index is 11.6. The minimum absolute atomic E-state index is 0.0664. The van der Waals surface area contributed by atoms with Crippen molar-refractivity contribution in [1.29, 1.82) is 0 Å². The molecule has 0 rings (SSSR count). The molecule has 1 N–H and O–H groups in total. The molecule has 0 spiro atoms. The van der Waals surface area contributed by atoms with Gasteiger partial charge in [-0.25, -0.2) is 4.57 Å². The van der Waals surface area contributed by atoms with E-state index in [1.165, 1.54) is 0 Å². The van der Waals surface area contributed by atoms with E-state index < -0.39 is 7.82 Å². The molecule has 0 aliphatic heterocycles. The normalized spacial score (nSPS) is 15.4. The Kier molecular flexibility index (Phi) is 9.87. The second-order valence-electron chi connectivity index (χ2n) is 4.35. The average molecular weight is 298 g/mol. The highest BCUT2D eigenvalue weighted by molar-refractivity contribution is 7.47. The van der Waals surface area contributed by atoms with Crippen LogP contribution in [0.5, 0.6) is 0 Å². The fraction of sp³-hybridized carbons (Fsp3) is 1.00. The van der Waals surface area contributed by atoms with Crippen LogP contribution in [-0.2, 0) is 18.3 Å². The SMILES string of the molecule is CCOCCOP(=O)(O)OCC[N+](CC)(CC)CC. The smallest absolute Gasteiger partial charge is 0.379 e. The zero-order valence-electron chi connectivity index (χ0n) is 12.6. The number of hydrogen-bond donors (Lipinski definition) is 1. The van der Waals surface area contributed by atoms with Gasteiger partial charge in [0.2, 0.25) is 0 Å². The first kappa shape index (κ1) is 19.0. The van der Waals surface area contributed by atoms with Gasteiger partial charge in [-0.3, -0.25) is 9.05 Å². The maximum absolute atomic E-state index is 11.6. The average Bonchev–Trinajstić information content (AvgIpc) is 2.40. The number of rotatable bonds is 12. The molecule has 7 heteroatoms. The molecular weight excluding hydrogens is 269 g/mol. The predicted octanol–water partition coefficient (Wildman–Crippen LogP) is 2.03. The summed E-state index contributed by atoms with van der Waals surface area (Å²) >= 11 is 0. The predicted molar refractivity (Wildman–Crippen MR) is 75.0 cm³/mol. The molecule has 0 aromatic carbocycles. The first-order valence-corrected chi connectivity index (χ1v) is 8.49. The van der Waals surface area contributed by atoms with Crippen LogP contribution in [0.4, 0.5) is 0 Å². The molecule has 0 aromatic rings.